The predicted octanol–water partition coefficient (Wildman–Crippen LogP) is 4.16. The number of phenolic OH excluding ortho intramolecular Hbond substituents is 1. The fourth-order valence-electron chi connectivity index (χ4n) is 1.93. The molecule has 1 heterocycles. The first-order chi connectivity index (χ1) is 10.0. The van der Waals surface area contributed by atoms with Gasteiger partial charge in [0.1, 0.15) is 11.6 Å². The van der Waals surface area contributed by atoms with Crippen LogP contribution in [0.3, 0.4) is 0 Å². The Balaban J connectivity index is 2.03. The van der Waals surface area contributed by atoms with Crippen LogP contribution in [0.15, 0.2) is 40.9 Å². The second kappa shape index (κ2) is 5.44. The van der Waals surface area contributed by atoms with Gasteiger partial charge >= 0.3 is 0 Å². The molecule has 0 atom stereocenters. The Bertz CT molecular complexity index is 817. The lowest BCUT2D eigenvalue weighted by Crippen LogP contribution is -1.87. The number of hydrogen-bond donors (Lipinski definition) is 1. The molecule has 0 radical (unpaired) electrons. The largest absolute Gasteiger partial charge is 0.507 e. The van der Waals surface area contributed by atoms with Gasteiger partial charge in [0, 0.05) is 11.1 Å². The van der Waals surface area contributed by atoms with E-state index in [2.05, 4.69) is 10.1 Å². The minimum atomic E-state index is -0.353. The molecule has 0 saturated carbocycles. The monoisotopic (exact) mass is 396 g/mol. The lowest BCUT2D eigenvalue weighted by molar-refractivity contribution is 0.431. The molecule has 0 unspecified atom stereocenters. The normalized spacial score (nSPS) is 10.8. The molecular formula is C15H10FIN2O2. The van der Waals surface area contributed by atoms with Crippen LogP contribution in [0.5, 0.6) is 5.75 Å². The zero-order valence-electron chi connectivity index (χ0n) is 11.0. The summed E-state index contributed by atoms with van der Waals surface area (Å²) in [7, 11) is 0. The maximum absolute atomic E-state index is 13.3. The van der Waals surface area contributed by atoms with Crippen LogP contribution in [-0.4, -0.2) is 15.2 Å². The van der Waals surface area contributed by atoms with Crippen molar-refractivity contribution in [2.75, 3.05) is 0 Å². The minimum absolute atomic E-state index is 0.148. The number of rotatable bonds is 2. The van der Waals surface area contributed by atoms with Crippen LogP contribution in [0, 0.1) is 16.3 Å². The number of phenols is 1. The Morgan fingerprint density at radius 2 is 2.00 bits per heavy atom. The lowest BCUT2D eigenvalue weighted by Gasteiger charge is -2.00. The van der Waals surface area contributed by atoms with E-state index in [1.54, 1.807) is 24.3 Å². The quantitative estimate of drug-likeness (QED) is 0.661. The molecule has 0 aliphatic rings. The molecule has 21 heavy (non-hydrogen) atoms. The SMILES string of the molecule is Cc1ccc(F)cc1-c1noc(-c2ccc(I)c(O)c2)n1. The summed E-state index contributed by atoms with van der Waals surface area (Å²) in [6.07, 6.45) is 0. The van der Waals surface area contributed by atoms with E-state index >= 15 is 0 Å². The predicted molar refractivity (Wildman–Crippen MR) is 84.2 cm³/mol. The van der Waals surface area contributed by atoms with Crippen molar-refractivity contribution in [1.82, 2.24) is 10.1 Å². The van der Waals surface area contributed by atoms with Gasteiger partial charge in [0.25, 0.3) is 5.89 Å². The van der Waals surface area contributed by atoms with Crippen molar-refractivity contribution in [1.29, 1.82) is 0 Å². The smallest absolute Gasteiger partial charge is 0.258 e. The van der Waals surface area contributed by atoms with E-state index < -0.39 is 0 Å². The van der Waals surface area contributed by atoms with Crippen LogP contribution in [0.1, 0.15) is 5.56 Å². The molecule has 4 nitrogen and oxygen atoms in total. The Hall–Kier alpha value is -1.96. The van der Waals surface area contributed by atoms with Crippen LogP contribution in [0.4, 0.5) is 4.39 Å². The average Bonchev–Trinajstić information content (AvgIpc) is 2.94. The first-order valence-corrected chi connectivity index (χ1v) is 7.21. The number of halogens is 2. The standard InChI is InChI=1S/C15H10FIN2O2/c1-8-2-4-10(16)7-11(8)14-18-15(21-19-14)9-3-5-12(17)13(20)6-9/h2-7,20H,1H3. The third-order valence-corrected chi connectivity index (χ3v) is 3.97. The molecule has 1 aromatic heterocycles. The van der Waals surface area contributed by atoms with E-state index in [1.807, 2.05) is 29.5 Å². The second-order valence-corrected chi connectivity index (χ2v) is 5.71. The van der Waals surface area contributed by atoms with Gasteiger partial charge in [0.2, 0.25) is 5.82 Å². The van der Waals surface area contributed by atoms with Crippen molar-refractivity contribution in [3.8, 4) is 28.6 Å². The van der Waals surface area contributed by atoms with Gasteiger partial charge in [0.05, 0.1) is 3.57 Å². The molecule has 1 N–H and O–H groups in total. The van der Waals surface area contributed by atoms with Gasteiger partial charge in [-0.2, -0.15) is 4.98 Å². The molecule has 106 valence electrons. The maximum Gasteiger partial charge on any atom is 0.258 e. The highest BCUT2D eigenvalue weighted by atomic mass is 127. The Morgan fingerprint density at radius 1 is 1.19 bits per heavy atom. The number of hydrogen-bond acceptors (Lipinski definition) is 4. The summed E-state index contributed by atoms with van der Waals surface area (Å²) < 4.78 is 19.3. The molecule has 3 rings (SSSR count). The summed E-state index contributed by atoms with van der Waals surface area (Å²) in [4.78, 5) is 4.27. The third-order valence-electron chi connectivity index (χ3n) is 3.06. The van der Waals surface area contributed by atoms with E-state index in [9.17, 15) is 9.50 Å². The molecule has 3 aromatic rings. The van der Waals surface area contributed by atoms with Crippen molar-refractivity contribution in [3.05, 3.63) is 51.3 Å². The second-order valence-electron chi connectivity index (χ2n) is 4.55. The van der Waals surface area contributed by atoms with Gasteiger partial charge in [-0.15, -0.1) is 0 Å². The van der Waals surface area contributed by atoms with Crippen molar-refractivity contribution in [2.45, 2.75) is 6.92 Å². The first-order valence-electron chi connectivity index (χ1n) is 6.14. The Morgan fingerprint density at radius 3 is 2.76 bits per heavy atom. The topological polar surface area (TPSA) is 59.2 Å². The third kappa shape index (κ3) is 2.76. The summed E-state index contributed by atoms with van der Waals surface area (Å²) >= 11 is 2.02. The van der Waals surface area contributed by atoms with Gasteiger partial charge in [-0.05, 0) is 65.4 Å². The molecular weight excluding hydrogens is 386 g/mol. The summed E-state index contributed by atoms with van der Waals surface area (Å²) in [5.74, 6) is 0.393. The highest BCUT2D eigenvalue weighted by Gasteiger charge is 2.14. The van der Waals surface area contributed by atoms with E-state index in [1.165, 1.54) is 12.1 Å². The van der Waals surface area contributed by atoms with Crippen LogP contribution < -0.4 is 0 Å². The van der Waals surface area contributed by atoms with Crippen molar-refractivity contribution >= 4 is 22.6 Å². The van der Waals surface area contributed by atoms with E-state index in [-0.39, 0.29) is 17.5 Å². The summed E-state index contributed by atoms with van der Waals surface area (Å²) in [5, 5.41) is 13.6. The molecule has 2 aromatic carbocycles. The Kier molecular flexibility index (Phi) is 3.62. The lowest BCUT2D eigenvalue weighted by atomic mass is 10.1. The molecule has 0 bridgehead atoms. The highest BCUT2D eigenvalue weighted by Crippen LogP contribution is 2.29. The Labute approximate surface area is 133 Å². The summed E-state index contributed by atoms with van der Waals surface area (Å²) in [6.45, 7) is 1.85. The van der Waals surface area contributed by atoms with Gasteiger partial charge < -0.3 is 9.63 Å². The number of nitrogens with zero attached hydrogens (tertiary/aromatic N) is 2. The fraction of sp³-hybridized carbons (Fsp3) is 0.0667. The van der Waals surface area contributed by atoms with Crippen LogP contribution in [0.25, 0.3) is 22.8 Å². The zero-order chi connectivity index (χ0) is 15.0. The average molecular weight is 396 g/mol. The number of benzene rings is 2. The summed E-state index contributed by atoms with van der Waals surface area (Å²) in [6, 6.07) is 9.50. The highest BCUT2D eigenvalue weighted by molar-refractivity contribution is 14.1. The minimum Gasteiger partial charge on any atom is -0.507 e. The van der Waals surface area contributed by atoms with Crippen LogP contribution in [0.2, 0.25) is 0 Å². The molecule has 0 spiro atoms. The van der Waals surface area contributed by atoms with Crippen molar-refractivity contribution < 1.29 is 14.0 Å². The van der Waals surface area contributed by atoms with Crippen molar-refractivity contribution in [3.63, 3.8) is 0 Å². The number of aryl methyl sites for hydroxylation is 1. The molecule has 0 saturated heterocycles. The van der Waals surface area contributed by atoms with Gasteiger partial charge in [0.15, 0.2) is 0 Å². The van der Waals surface area contributed by atoms with Crippen molar-refractivity contribution in [2.24, 2.45) is 0 Å². The molecule has 0 fully saturated rings. The van der Waals surface area contributed by atoms with Crippen LogP contribution >= 0.6 is 22.6 Å². The molecule has 0 aliphatic carbocycles. The molecule has 0 aliphatic heterocycles. The molecule has 0 amide bonds. The molecule has 6 heteroatoms. The number of aromatic hydroxyl groups is 1. The van der Waals surface area contributed by atoms with E-state index in [0.29, 0.717) is 17.0 Å². The van der Waals surface area contributed by atoms with Crippen LogP contribution in [-0.2, 0) is 0 Å². The van der Waals surface area contributed by atoms with E-state index in [4.69, 9.17) is 4.52 Å². The van der Waals surface area contributed by atoms with Gasteiger partial charge in [-0.25, -0.2) is 4.39 Å². The maximum atomic E-state index is 13.3. The number of aromatic nitrogens is 2. The summed E-state index contributed by atoms with van der Waals surface area (Å²) in [5.41, 5.74) is 2.05. The zero-order valence-corrected chi connectivity index (χ0v) is 13.1. The van der Waals surface area contributed by atoms with Gasteiger partial charge in [-0.1, -0.05) is 11.2 Å². The fourth-order valence-corrected chi connectivity index (χ4v) is 2.27. The van der Waals surface area contributed by atoms with E-state index in [0.717, 1.165) is 9.13 Å². The first kappa shape index (κ1) is 14.0. The van der Waals surface area contributed by atoms with Gasteiger partial charge in [-0.3, -0.25) is 0 Å².